The van der Waals surface area contributed by atoms with E-state index < -0.39 is 11.9 Å². The number of carbonyl (C=O) groups is 1. The van der Waals surface area contributed by atoms with E-state index in [1.54, 1.807) is 6.07 Å². The second-order valence-electron chi connectivity index (χ2n) is 5.75. The Morgan fingerprint density at radius 3 is 2.79 bits per heavy atom. The molecule has 0 bridgehead atoms. The molecular formula is C18H18ClFN2O2. The van der Waals surface area contributed by atoms with Crippen LogP contribution in [0.2, 0.25) is 5.02 Å². The standard InChI is InChI=1S/C18H18ClFN2O2/c19-15-7-6-13(8-16(15)20)14-9-21-10-17(14)22-18(23)24-11-12-4-2-1-3-5-12/h1-8,14,17,21H,9-11H2,(H,22,23). The summed E-state index contributed by atoms with van der Waals surface area (Å²) in [5.74, 6) is -0.479. The first kappa shape index (κ1) is 16.7. The highest BCUT2D eigenvalue weighted by Gasteiger charge is 2.30. The zero-order valence-electron chi connectivity index (χ0n) is 13.0. The first-order valence-electron chi connectivity index (χ1n) is 7.76. The Morgan fingerprint density at radius 2 is 2.04 bits per heavy atom. The van der Waals surface area contributed by atoms with Crippen molar-refractivity contribution in [1.82, 2.24) is 10.6 Å². The molecule has 126 valence electrons. The number of ether oxygens (including phenoxy) is 1. The van der Waals surface area contributed by atoms with Gasteiger partial charge in [0.2, 0.25) is 0 Å². The number of alkyl carbamates (subject to hydrolysis) is 1. The second-order valence-corrected chi connectivity index (χ2v) is 6.16. The van der Waals surface area contributed by atoms with Crippen LogP contribution in [0.15, 0.2) is 48.5 Å². The number of rotatable bonds is 4. The molecule has 24 heavy (non-hydrogen) atoms. The fourth-order valence-electron chi connectivity index (χ4n) is 2.84. The van der Waals surface area contributed by atoms with Gasteiger partial charge in [-0.15, -0.1) is 0 Å². The summed E-state index contributed by atoms with van der Waals surface area (Å²) in [6.07, 6.45) is -0.480. The molecule has 0 spiro atoms. The molecule has 0 radical (unpaired) electrons. The van der Waals surface area contributed by atoms with Crippen molar-refractivity contribution in [3.8, 4) is 0 Å². The van der Waals surface area contributed by atoms with Crippen molar-refractivity contribution in [2.75, 3.05) is 13.1 Å². The van der Waals surface area contributed by atoms with Gasteiger partial charge in [0.05, 0.1) is 11.1 Å². The summed E-state index contributed by atoms with van der Waals surface area (Å²) in [6, 6.07) is 14.1. The molecule has 2 aromatic rings. The Bertz CT molecular complexity index is 711. The highest BCUT2D eigenvalue weighted by molar-refractivity contribution is 6.30. The van der Waals surface area contributed by atoms with Crippen LogP contribution in [-0.2, 0) is 11.3 Å². The Labute approximate surface area is 145 Å². The van der Waals surface area contributed by atoms with Crippen LogP contribution in [-0.4, -0.2) is 25.2 Å². The molecule has 3 rings (SSSR count). The maximum absolute atomic E-state index is 13.7. The molecule has 0 aliphatic carbocycles. The largest absolute Gasteiger partial charge is 0.445 e. The molecule has 1 aliphatic rings. The van der Waals surface area contributed by atoms with E-state index in [2.05, 4.69) is 10.6 Å². The highest BCUT2D eigenvalue weighted by atomic mass is 35.5. The van der Waals surface area contributed by atoms with Crippen LogP contribution >= 0.6 is 11.6 Å². The van der Waals surface area contributed by atoms with Gasteiger partial charge in [0.1, 0.15) is 12.4 Å². The van der Waals surface area contributed by atoms with Gasteiger partial charge in [-0.3, -0.25) is 0 Å². The smallest absolute Gasteiger partial charge is 0.407 e. The molecule has 1 saturated heterocycles. The summed E-state index contributed by atoms with van der Waals surface area (Å²) in [5.41, 5.74) is 1.73. The zero-order chi connectivity index (χ0) is 16.9. The first-order chi connectivity index (χ1) is 11.6. The second kappa shape index (κ2) is 7.64. The fraction of sp³-hybridized carbons (Fsp3) is 0.278. The lowest BCUT2D eigenvalue weighted by Gasteiger charge is -2.20. The molecular weight excluding hydrogens is 331 g/mol. The first-order valence-corrected chi connectivity index (χ1v) is 8.14. The summed E-state index contributed by atoms with van der Waals surface area (Å²) >= 11 is 5.73. The lowest BCUT2D eigenvalue weighted by molar-refractivity contribution is 0.135. The van der Waals surface area contributed by atoms with Gasteiger partial charge in [-0.05, 0) is 23.3 Å². The Morgan fingerprint density at radius 1 is 1.25 bits per heavy atom. The number of carbonyl (C=O) groups excluding carboxylic acids is 1. The van der Waals surface area contributed by atoms with Crippen LogP contribution < -0.4 is 10.6 Å². The maximum atomic E-state index is 13.7. The number of hydrogen-bond acceptors (Lipinski definition) is 3. The molecule has 1 amide bonds. The van der Waals surface area contributed by atoms with Crippen molar-refractivity contribution in [3.05, 3.63) is 70.5 Å². The van der Waals surface area contributed by atoms with E-state index in [1.165, 1.54) is 12.1 Å². The predicted molar refractivity (Wildman–Crippen MR) is 90.6 cm³/mol. The highest BCUT2D eigenvalue weighted by Crippen LogP contribution is 2.26. The van der Waals surface area contributed by atoms with E-state index in [0.717, 1.165) is 11.1 Å². The molecule has 6 heteroatoms. The van der Waals surface area contributed by atoms with Gasteiger partial charge >= 0.3 is 6.09 Å². The normalized spacial score (nSPS) is 19.9. The molecule has 1 heterocycles. The van der Waals surface area contributed by atoms with E-state index in [1.807, 2.05) is 30.3 Å². The van der Waals surface area contributed by atoms with Crippen molar-refractivity contribution < 1.29 is 13.9 Å². The monoisotopic (exact) mass is 348 g/mol. The number of benzene rings is 2. The van der Waals surface area contributed by atoms with Gasteiger partial charge in [-0.2, -0.15) is 0 Å². The third-order valence-corrected chi connectivity index (χ3v) is 4.41. The average molecular weight is 349 g/mol. The molecule has 2 N–H and O–H groups in total. The molecule has 2 aromatic carbocycles. The Kier molecular flexibility index (Phi) is 5.33. The van der Waals surface area contributed by atoms with Gasteiger partial charge in [0.25, 0.3) is 0 Å². The van der Waals surface area contributed by atoms with Crippen molar-refractivity contribution in [2.24, 2.45) is 0 Å². The van der Waals surface area contributed by atoms with E-state index in [9.17, 15) is 9.18 Å². The predicted octanol–water partition coefficient (Wildman–Crippen LogP) is 3.46. The average Bonchev–Trinajstić information content (AvgIpc) is 3.04. The molecule has 2 unspecified atom stereocenters. The topological polar surface area (TPSA) is 50.4 Å². The lowest BCUT2D eigenvalue weighted by atomic mass is 9.94. The summed E-state index contributed by atoms with van der Waals surface area (Å²) < 4.78 is 18.9. The van der Waals surface area contributed by atoms with Gasteiger partial charge in [-0.25, -0.2) is 9.18 Å². The summed E-state index contributed by atoms with van der Waals surface area (Å²) in [4.78, 5) is 12.0. The summed E-state index contributed by atoms with van der Waals surface area (Å²) in [7, 11) is 0. The van der Waals surface area contributed by atoms with Crippen LogP contribution in [0, 0.1) is 5.82 Å². The van der Waals surface area contributed by atoms with Crippen LogP contribution in [0.3, 0.4) is 0 Å². The Balaban J connectivity index is 1.59. The third kappa shape index (κ3) is 4.04. The van der Waals surface area contributed by atoms with Gasteiger partial charge in [0, 0.05) is 19.0 Å². The van der Waals surface area contributed by atoms with Gasteiger partial charge < -0.3 is 15.4 Å². The van der Waals surface area contributed by atoms with Crippen LogP contribution in [0.1, 0.15) is 17.0 Å². The Hall–Kier alpha value is -2.11. The van der Waals surface area contributed by atoms with Crippen molar-refractivity contribution in [1.29, 1.82) is 0 Å². The maximum Gasteiger partial charge on any atom is 0.407 e. The SMILES string of the molecule is O=C(NC1CNCC1c1ccc(Cl)c(F)c1)OCc1ccccc1. The molecule has 2 atom stereocenters. The molecule has 0 aromatic heterocycles. The minimum absolute atomic E-state index is 0.0268. The third-order valence-electron chi connectivity index (χ3n) is 4.10. The minimum atomic E-state index is -0.480. The number of halogens is 2. The van der Waals surface area contributed by atoms with Crippen molar-refractivity contribution in [2.45, 2.75) is 18.6 Å². The van der Waals surface area contributed by atoms with Gasteiger partial charge in [-0.1, -0.05) is 48.0 Å². The van der Waals surface area contributed by atoms with Crippen molar-refractivity contribution in [3.63, 3.8) is 0 Å². The quantitative estimate of drug-likeness (QED) is 0.889. The fourth-order valence-corrected chi connectivity index (χ4v) is 2.96. The number of hydrogen-bond donors (Lipinski definition) is 2. The molecule has 4 nitrogen and oxygen atoms in total. The molecule has 1 fully saturated rings. The van der Waals surface area contributed by atoms with E-state index in [-0.39, 0.29) is 23.6 Å². The minimum Gasteiger partial charge on any atom is -0.445 e. The lowest BCUT2D eigenvalue weighted by Crippen LogP contribution is -2.39. The van der Waals surface area contributed by atoms with E-state index in [4.69, 9.17) is 16.3 Å². The van der Waals surface area contributed by atoms with Gasteiger partial charge in [0.15, 0.2) is 0 Å². The van der Waals surface area contributed by atoms with Crippen LogP contribution in [0.4, 0.5) is 9.18 Å². The van der Waals surface area contributed by atoms with E-state index >= 15 is 0 Å². The van der Waals surface area contributed by atoms with Crippen molar-refractivity contribution >= 4 is 17.7 Å². The summed E-state index contributed by atoms with van der Waals surface area (Å²) in [6.45, 7) is 1.48. The van der Waals surface area contributed by atoms with Crippen LogP contribution in [0.5, 0.6) is 0 Å². The van der Waals surface area contributed by atoms with E-state index in [0.29, 0.717) is 13.1 Å². The number of nitrogens with one attached hydrogen (secondary N) is 2. The molecule has 0 saturated carbocycles. The summed E-state index contributed by atoms with van der Waals surface area (Å²) in [5, 5.41) is 6.16. The number of amides is 1. The zero-order valence-corrected chi connectivity index (χ0v) is 13.7. The van der Waals surface area contributed by atoms with Crippen LogP contribution in [0.25, 0.3) is 0 Å². The molecule has 1 aliphatic heterocycles.